The van der Waals surface area contributed by atoms with Crippen LogP contribution < -0.4 is 9.64 Å². The summed E-state index contributed by atoms with van der Waals surface area (Å²) in [6, 6.07) is 99.3. The van der Waals surface area contributed by atoms with Crippen molar-refractivity contribution in [1.29, 1.82) is 0 Å². The van der Waals surface area contributed by atoms with Gasteiger partial charge in [-0.1, -0.05) is 218 Å². The predicted molar refractivity (Wildman–Crippen MR) is 315 cm³/mol. The monoisotopic (exact) mass is 967 g/mol. The zero-order chi connectivity index (χ0) is 49.9. The summed E-state index contributed by atoms with van der Waals surface area (Å²) >= 11 is 0. The molecule has 0 fully saturated rings. The molecular formula is C73H45NO2. The molecule has 0 bridgehead atoms. The lowest BCUT2D eigenvalue weighted by molar-refractivity contribution is 0.436. The van der Waals surface area contributed by atoms with Crippen LogP contribution in [0.1, 0.15) is 22.3 Å². The largest absolute Gasteiger partial charge is 0.457 e. The maximum absolute atomic E-state index is 7.30. The minimum Gasteiger partial charge on any atom is -0.457 e. The molecular weight excluding hydrogens is 923 g/mol. The number of ether oxygens (including phenoxy) is 1. The normalized spacial score (nSPS) is 12.9. The van der Waals surface area contributed by atoms with Crippen molar-refractivity contribution in [2.75, 3.05) is 4.90 Å². The van der Waals surface area contributed by atoms with Crippen molar-refractivity contribution in [2.45, 2.75) is 5.41 Å². The van der Waals surface area contributed by atoms with Gasteiger partial charge in [-0.2, -0.15) is 0 Å². The molecule has 76 heavy (non-hydrogen) atoms. The van der Waals surface area contributed by atoms with Crippen LogP contribution in [0.5, 0.6) is 11.5 Å². The van der Waals surface area contributed by atoms with Crippen molar-refractivity contribution in [1.82, 2.24) is 0 Å². The van der Waals surface area contributed by atoms with Crippen molar-refractivity contribution in [3.63, 3.8) is 0 Å². The molecule has 1 aliphatic heterocycles. The minimum atomic E-state index is -0.551. The Morgan fingerprint density at radius 3 is 1.59 bits per heavy atom. The number of para-hydroxylation sites is 2. The zero-order valence-corrected chi connectivity index (χ0v) is 41.2. The molecule has 0 amide bonds. The number of benzene rings is 13. The third kappa shape index (κ3) is 6.11. The van der Waals surface area contributed by atoms with Gasteiger partial charge in [0, 0.05) is 38.7 Å². The Morgan fingerprint density at radius 1 is 0.303 bits per heavy atom. The zero-order valence-electron chi connectivity index (χ0n) is 41.2. The van der Waals surface area contributed by atoms with E-state index in [1.165, 1.54) is 54.9 Å². The van der Waals surface area contributed by atoms with Crippen LogP contribution in [-0.4, -0.2) is 0 Å². The molecule has 0 radical (unpaired) electrons. The van der Waals surface area contributed by atoms with Crippen LogP contribution in [0, 0.1) is 0 Å². The number of nitrogens with zero attached hydrogens (tertiary/aromatic N) is 1. The van der Waals surface area contributed by atoms with E-state index >= 15 is 0 Å². The van der Waals surface area contributed by atoms with Crippen LogP contribution in [0.2, 0.25) is 0 Å². The first-order chi connectivity index (χ1) is 37.7. The number of anilines is 3. The van der Waals surface area contributed by atoms with Gasteiger partial charge in [-0.25, -0.2) is 0 Å². The Bertz CT molecular complexity index is 4620. The highest BCUT2D eigenvalue weighted by atomic mass is 16.5. The smallest absolute Gasteiger partial charge is 0.160 e. The van der Waals surface area contributed by atoms with E-state index in [0.717, 1.165) is 94.7 Å². The Kier molecular flexibility index (Phi) is 9.25. The molecule has 3 nitrogen and oxygen atoms in total. The van der Waals surface area contributed by atoms with E-state index in [9.17, 15) is 0 Å². The van der Waals surface area contributed by atoms with E-state index < -0.39 is 5.41 Å². The van der Waals surface area contributed by atoms with E-state index in [1.54, 1.807) is 0 Å². The summed E-state index contributed by atoms with van der Waals surface area (Å²) in [5.41, 5.74) is 18.5. The molecule has 0 saturated heterocycles. The summed E-state index contributed by atoms with van der Waals surface area (Å²) in [7, 11) is 0. The molecule has 0 unspecified atom stereocenters. The number of hydrogen-bond acceptors (Lipinski definition) is 3. The van der Waals surface area contributed by atoms with Crippen LogP contribution in [0.3, 0.4) is 0 Å². The first-order valence-electron chi connectivity index (χ1n) is 26.1. The molecule has 0 atom stereocenters. The number of furan rings is 1. The molecule has 3 heteroatoms. The molecule has 1 aromatic heterocycles. The summed E-state index contributed by atoms with van der Waals surface area (Å²) in [5, 5.41) is 9.40. The van der Waals surface area contributed by atoms with Gasteiger partial charge >= 0.3 is 0 Å². The van der Waals surface area contributed by atoms with Gasteiger partial charge in [0.2, 0.25) is 0 Å². The van der Waals surface area contributed by atoms with Gasteiger partial charge in [-0.15, -0.1) is 0 Å². The fourth-order valence-corrected chi connectivity index (χ4v) is 13.1. The van der Waals surface area contributed by atoms with Crippen LogP contribution >= 0.6 is 0 Å². The quantitative estimate of drug-likeness (QED) is 0.155. The Morgan fingerprint density at radius 2 is 0.855 bits per heavy atom. The molecule has 16 rings (SSSR count). The molecule has 2 aliphatic rings. The fraction of sp³-hybridized carbons (Fsp3) is 0.0137. The van der Waals surface area contributed by atoms with Crippen LogP contribution in [0.25, 0.3) is 98.8 Å². The van der Waals surface area contributed by atoms with E-state index in [-0.39, 0.29) is 0 Å². The minimum absolute atomic E-state index is 0.551. The second-order valence-corrected chi connectivity index (χ2v) is 20.2. The van der Waals surface area contributed by atoms with Crippen LogP contribution in [0.15, 0.2) is 277 Å². The lowest BCUT2D eigenvalue weighted by atomic mass is 9.66. The molecule has 0 N–H and O–H groups in total. The average molecular weight is 968 g/mol. The molecule has 0 saturated carbocycles. The standard InChI is InChI=1S/C73H45NO2/c1-2-17-46(18-3-1)55-43-44-66(72-70(55)60-42-37-47-19-4-7-22-56(47)71(60)76-72)74(52-40-35-49(36-41-52)61-45-50-20-5-6-21-53(50)57-23-8-9-24-58(57)61)51-38-33-48(34-39-51)54-26-16-30-65-69(54)59-25-10-11-27-62(59)73(65)63-28-12-14-31-67(63)75-68-32-15-13-29-64(68)73/h1-45H. The molecule has 2 heterocycles. The topological polar surface area (TPSA) is 25.6 Å². The van der Waals surface area contributed by atoms with Crippen LogP contribution in [-0.2, 0) is 5.41 Å². The third-order valence-corrected chi connectivity index (χ3v) is 16.3. The lowest BCUT2D eigenvalue weighted by Crippen LogP contribution is -2.32. The second-order valence-electron chi connectivity index (χ2n) is 20.2. The van der Waals surface area contributed by atoms with Gasteiger partial charge < -0.3 is 14.1 Å². The van der Waals surface area contributed by atoms with Crippen LogP contribution in [0.4, 0.5) is 17.1 Å². The highest BCUT2D eigenvalue weighted by molar-refractivity contribution is 6.22. The number of rotatable bonds is 6. The fourth-order valence-electron chi connectivity index (χ4n) is 13.1. The molecule has 354 valence electrons. The Hall–Kier alpha value is -9.96. The van der Waals surface area contributed by atoms with Crippen molar-refractivity contribution < 1.29 is 9.15 Å². The SMILES string of the molecule is c1ccc(-c2ccc(N(c3ccc(-c4cccc5c4-c4ccccc4C54c5ccccc5Oc5ccccc54)cc3)c3ccc(-c4cc5ccccc5c5ccccc45)cc3)c3oc4c5ccccc5ccc4c23)cc1. The van der Waals surface area contributed by atoms with Crippen molar-refractivity contribution in [3.8, 4) is 56.0 Å². The average Bonchev–Trinajstić information content (AvgIpc) is 4.23. The highest BCUT2D eigenvalue weighted by Crippen LogP contribution is 2.63. The van der Waals surface area contributed by atoms with E-state index in [1.807, 2.05) is 0 Å². The maximum atomic E-state index is 7.30. The molecule has 13 aromatic carbocycles. The van der Waals surface area contributed by atoms with Gasteiger partial charge in [-0.3, -0.25) is 0 Å². The lowest BCUT2D eigenvalue weighted by Gasteiger charge is -2.39. The first kappa shape index (κ1) is 42.5. The van der Waals surface area contributed by atoms with Gasteiger partial charge in [0.05, 0.1) is 11.1 Å². The van der Waals surface area contributed by atoms with Crippen molar-refractivity contribution >= 4 is 71.3 Å². The molecule has 14 aromatic rings. The third-order valence-electron chi connectivity index (χ3n) is 16.3. The molecule has 1 spiro atoms. The molecule has 1 aliphatic carbocycles. The Labute approximate surface area is 439 Å². The maximum Gasteiger partial charge on any atom is 0.160 e. The van der Waals surface area contributed by atoms with Gasteiger partial charge in [0.1, 0.15) is 17.1 Å². The highest BCUT2D eigenvalue weighted by Gasteiger charge is 2.51. The summed E-state index contributed by atoms with van der Waals surface area (Å²) in [6.07, 6.45) is 0. The van der Waals surface area contributed by atoms with Gasteiger partial charge in [-0.05, 0) is 137 Å². The number of hydrogen-bond donors (Lipinski definition) is 0. The summed E-state index contributed by atoms with van der Waals surface area (Å²) in [6.45, 7) is 0. The van der Waals surface area contributed by atoms with E-state index in [0.29, 0.717) is 0 Å². The Balaban J connectivity index is 0.900. The van der Waals surface area contributed by atoms with E-state index in [4.69, 9.17) is 9.15 Å². The second kappa shape index (κ2) is 16.5. The number of fused-ring (bicyclic) bond motifs is 17. The van der Waals surface area contributed by atoms with Crippen molar-refractivity contribution in [2.24, 2.45) is 0 Å². The van der Waals surface area contributed by atoms with Crippen molar-refractivity contribution in [3.05, 3.63) is 295 Å². The summed E-state index contributed by atoms with van der Waals surface area (Å²) in [5.74, 6) is 1.78. The van der Waals surface area contributed by atoms with Gasteiger partial charge in [0.25, 0.3) is 0 Å². The van der Waals surface area contributed by atoms with Gasteiger partial charge in [0.15, 0.2) is 5.58 Å². The predicted octanol–water partition coefficient (Wildman–Crippen LogP) is 20.0. The van der Waals surface area contributed by atoms with E-state index in [2.05, 4.69) is 278 Å². The summed E-state index contributed by atoms with van der Waals surface area (Å²) < 4.78 is 14.0. The summed E-state index contributed by atoms with van der Waals surface area (Å²) in [4.78, 5) is 2.38. The first-order valence-corrected chi connectivity index (χ1v) is 26.1.